The van der Waals surface area contributed by atoms with Crippen molar-refractivity contribution in [2.75, 3.05) is 6.61 Å². The Kier molecular flexibility index (Phi) is 7.36. The van der Waals surface area contributed by atoms with E-state index in [0.29, 0.717) is 12.5 Å². The van der Waals surface area contributed by atoms with Gasteiger partial charge in [-0.25, -0.2) is 4.79 Å². The van der Waals surface area contributed by atoms with Crippen LogP contribution in [0.15, 0.2) is 84.9 Å². The summed E-state index contributed by atoms with van der Waals surface area (Å²) in [5, 5.41) is 9.38. The molecule has 178 valence electrons. The lowest BCUT2D eigenvalue weighted by Gasteiger charge is -2.21. The van der Waals surface area contributed by atoms with Gasteiger partial charge < -0.3 is 9.84 Å². The normalized spacial score (nSPS) is 11.8. The maximum absolute atomic E-state index is 11.4. The van der Waals surface area contributed by atoms with Gasteiger partial charge in [0.15, 0.2) is 0 Å². The quantitative estimate of drug-likeness (QED) is 0.285. The van der Waals surface area contributed by atoms with Crippen LogP contribution in [0.2, 0.25) is 0 Å². The highest BCUT2D eigenvalue weighted by atomic mass is 16.5. The number of rotatable bonds is 8. The first-order valence-electron chi connectivity index (χ1n) is 12.1. The molecule has 35 heavy (non-hydrogen) atoms. The van der Waals surface area contributed by atoms with Crippen molar-refractivity contribution in [2.45, 2.75) is 34.1 Å². The van der Waals surface area contributed by atoms with Crippen LogP contribution in [-0.4, -0.2) is 17.7 Å². The summed E-state index contributed by atoms with van der Waals surface area (Å²) in [6.45, 7) is 9.14. The molecule has 0 heterocycles. The molecule has 0 aliphatic heterocycles. The number of hydrogen-bond donors (Lipinski definition) is 1. The summed E-state index contributed by atoms with van der Waals surface area (Å²) in [4.78, 5) is 11.4. The molecule has 0 bridgehead atoms. The fourth-order valence-corrected chi connectivity index (χ4v) is 3.99. The van der Waals surface area contributed by atoms with Crippen molar-refractivity contribution in [3.63, 3.8) is 0 Å². The number of carboxylic acids is 1. The van der Waals surface area contributed by atoms with Gasteiger partial charge in [-0.05, 0) is 66.3 Å². The minimum absolute atomic E-state index is 0.268. The fourth-order valence-electron chi connectivity index (χ4n) is 3.99. The zero-order valence-electron chi connectivity index (χ0n) is 20.8. The van der Waals surface area contributed by atoms with Crippen LogP contribution in [0, 0.1) is 19.8 Å². The predicted molar refractivity (Wildman–Crippen MR) is 144 cm³/mol. The van der Waals surface area contributed by atoms with Gasteiger partial charge in [0, 0.05) is 11.1 Å². The molecular formula is C32H32O3. The smallest absolute Gasteiger partial charge is 0.335 e. The second-order valence-electron chi connectivity index (χ2n) is 9.34. The third-order valence-electron chi connectivity index (χ3n) is 6.49. The molecule has 4 rings (SSSR count). The standard InChI is InChI=1S/C32H32O3/c1-5-21(2)20-35-31-29(25-12-8-23(4)9-13-25)18-28(24-10-6-22(3)7-11-24)19-30(31)26-14-16-27(17-15-26)32(33)34/h6-19,21H,5,20H2,1-4H3,(H,33,34). The molecule has 4 aromatic rings. The number of hydrogen-bond acceptors (Lipinski definition) is 2. The Morgan fingerprint density at radius 1 is 0.743 bits per heavy atom. The van der Waals surface area contributed by atoms with E-state index in [2.05, 4.69) is 88.4 Å². The third-order valence-corrected chi connectivity index (χ3v) is 6.49. The SMILES string of the molecule is CCC(C)COc1c(-c2ccc(C)cc2)cc(-c2ccc(C)cc2)cc1-c1ccc(C(=O)O)cc1. The summed E-state index contributed by atoms with van der Waals surface area (Å²) in [5.74, 6) is 0.312. The van der Waals surface area contributed by atoms with Gasteiger partial charge in [-0.3, -0.25) is 0 Å². The minimum Gasteiger partial charge on any atom is -0.492 e. The molecule has 1 atom stereocenters. The van der Waals surface area contributed by atoms with E-state index in [9.17, 15) is 9.90 Å². The summed E-state index contributed by atoms with van der Waals surface area (Å²) in [5.41, 5.74) is 8.91. The molecule has 0 saturated carbocycles. The molecule has 1 N–H and O–H groups in total. The lowest BCUT2D eigenvalue weighted by molar-refractivity contribution is 0.0697. The van der Waals surface area contributed by atoms with E-state index in [1.54, 1.807) is 12.1 Å². The van der Waals surface area contributed by atoms with Gasteiger partial charge in [0.2, 0.25) is 0 Å². The zero-order valence-corrected chi connectivity index (χ0v) is 20.8. The number of benzene rings is 4. The maximum Gasteiger partial charge on any atom is 0.335 e. The molecule has 0 aromatic heterocycles. The van der Waals surface area contributed by atoms with Gasteiger partial charge >= 0.3 is 5.97 Å². The number of ether oxygens (including phenoxy) is 1. The Bertz CT molecular complexity index is 1300. The minimum atomic E-state index is -0.932. The van der Waals surface area contributed by atoms with Crippen LogP contribution in [-0.2, 0) is 0 Å². The van der Waals surface area contributed by atoms with E-state index in [0.717, 1.165) is 45.6 Å². The molecule has 0 radical (unpaired) electrons. The highest BCUT2D eigenvalue weighted by molar-refractivity contribution is 5.91. The second-order valence-corrected chi connectivity index (χ2v) is 9.34. The first-order chi connectivity index (χ1) is 16.9. The molecule has 3 heteroatoms. The number of carboxylic acid groups (broad SMARTS) is 1. The Labute approximate surface area is 208 Å². The fraction of sp³-hybridized carbons (Fsp3) is 0.219. The van der Waals surface area contributed by atoms with E-state index in [1.165, 1.54) is 11.1 Å². The Morgan fingerprint density at radius 2 is 1.20 bits per heavy atom. The molecule has 0 fully saturated rings. The molecule has 0 aliphatic carbocycles. The van der Waals surface area contributed by atoms with E-state index >= 15 is 0 Å². The average Bonchev–Trinajstić information content (AvgIpc) is 2.88. The van der Waals surface area contributed by atoms with Gasteiger partial charge in [-0.2, -0.15) is 0 Å². The second kappa shape index (κ2) is 10.6. The zero-order chi connectivity index (χ0) is 24.9. The van der Waals surface area contributed by atoms with Gasteiger partial charge in [-0.1, -0.05) is 92.1 Å². The first-order valence-corrected chi connectivity index (χ1v) is 12.1. The Morgan fingerprint density at radius 3 is 1.66 bits per heavy atom. The van der Waals surface area contributed by atoms with E-state index in [1.807, 2.05) is 12.1 Å². The molecule has 4 aromatic carbocycles. The van der Waals surface area contributed by atoms with Gasteiger partial charge in [-0.15, -0.1) is 0 Å². The van der Waals surface area contributed by atoms with Crippen molar-refractivity contribution < 1.29 is 14.6 Å². The number of aromatic carboxylic acids is 1. The maximum atomic E-state index is 11.4. The van der Waals surface area contributed by atoms with Crippen LogP contribution in [0.5, 0.6) is 5.75 Å². The van der Waals surface area contributed by atoms with Crippen LogP contribution in [0.3, 0.4) is 0 Å². The van der Waals surface area contributed by atoms with Crippen LogP contribution in [0.25, 0.3) is 33.4 Å². The predicted octanol–water partition coefficient (Wildman–Crippen LogP) is 8.43. The lowest BCUT2D eigenvalue weighted by atomic mass is 9.91. The monoisotopic (exact) mass is 464 g/mol. The highest BCUT2D eigenvalue weighted by Gasteiger charge is 2.18. The summed E-state index contributed by atoms with van der Waals surface area (Å²) in [6.07, 6.45) is 1.03. The van der Waals surface area contributed by atoms with E-state index in [4.69, 9.17) is 4.74 Å². The first kappa shape index (κ1) is 24.3. The third kappa shape index (κ3) is 5.63. The molecule has 1 unspecified atom stereocenters. The Balaban J connectivity index is 1.96. The van der Waals surface area contributed by atoms with Crippen molar-refractivity contribution in [1.82, 2.24) is 0 Å². The van der Waals surface area contributed by atoms with Gasteiger partial charge in [0.25, 0.3) is 0 Å². The summed E-state index contributed by atoms with van der Waals surface area (Å²) in [6, 6.07) is 28.4. The van der Waals surface area contributed by atoms with Crippen molar-refractivity contribution >= 4 is 5.97 Å². The van der Waals surface area contributed by atoms with Crippen LogP contribution < -0.4 is 4.74 Å². The highest BCUT2D eigenvalue weighted by Crippen LogP contribution is 2.43. The van der Waals surface area contributed by atoms with Crippen molar-refractivity contribution in [2.24, 2.45) is 5.92 Å². The summed E-state index contributed by atoms with van der Waals surface area (Å²) in [7, 11) is 0. The van der Waals surface area contributed by atoms with Crippen LogP contribution >= 0.6 is 0 Å². The molecule has 3 nitrogen and oxygen atoms in total. The van der Waals surface area contributed by atoms with E-state index in [-0.39, 0.29) is 5.56 Å². The van der Waals surface area contributed by atoms with Crippen molar-refractivity contribution in [1.29, 1.82) is 0 Å². The molecular weight excluding hydrogens is 432 g/mol. The van der Waals surface area contributed by atoms with Crippen LogP contribution in [0.1, 0.15) is 41.8 Å². The lowest BCUT2D eigenvalue weighted by Crippen LogP contribution is -2.09. The number of aryl methyl sites for hydroxylation is 2. The van der Waals surface area contributed by atoms with Crippen molar-refractivity contribution in [3.8, 4) is 39.1 Å². The van der Waals surface area contributed by atoms with E-state index < -0.39 is 5.97 Å². The molecule has 0 saturated heterocycles. The summed E-state index contributed by atoms with van der Waals surface area (Å²) >= 11 is 0. The van der Waals surface area contributed by atoms with Gasteiger partial charge in [0.1, 0.15) is 5.75 Å². The topological polar surface area (TPSA) is 46.5 Å². The Hall–Kier alpha value is -3.85. The van der Waals surface area contributed by atoms with Gasteiger partial charge in [0.05, 0.1) is 12.2 Å². The molecule has 0 amide bonds. The molecule has 0 spiro atoms. The van der Waals surface area contributed by atoms with Crippen molar-refractivity contribution in [3.05, 3.63) is 102 Å². The number of carbonyl (C=O) groups is 1. The molecule has 0 aliphatic rings. The average molecular weight is 465 g/mol. The largest absolute Gasteiger partial charge is 0.492 e. The summed E-state index contributed by atoms with van der Waals surface area (Å²) < 4.78 is 6.53. The van der Waals surface area contributed by atoms with Crippen LogP contribution in [0.4, 0.5) is 0 Å².